The summed E-state index contributed by atoms with van der Waals surface area (Å²) in [6.45, 7) is 6.21. The van der Waals surface area contributed by atoms with Crippen molar-refractivity contribution in [3.8, 4) is 28.4 Å². The molecule has 2 aromatic carbocycles. The molecule has 9 nitrogen and oxygen atoms in total. The molecule has 0 radical (unpaired) electrons. The molecule has 0 fully saturated rings. The molecule has 0 unspecified atom stereocenters. The highest BCUT2D eigenvalue weighted by Gasteiger charge is 2.22. The number of fused-ring (bicyclic) bond motifs is 2. The van der Waals surface area contributed by atoms with Crippen LogP contribution in [0, 0.1) is 12.8 Å². The molecule has 0 spiro atoms. The Morgan fingerprint density at radius 1 is 1.08 bits per heavy atom. The zero-order chi connectivity index (χ0) is 25.8. The van der Waals surface area contributed by atoms with E-state index >= 15 is 0 Å². The van der Waals surface area contributed by atoms with Crippen molar-refractivity contribution in [1.82, 2.24) is 5.32 Å². The van der Waals surface area contributed by atoms with E-state index in [0.29, 0.717) is 64.7 Å². The van der Waals surface area contributed by atoms with Gasteiger partial charge in [-0.05, 0) is 49.1 Å². The first kappa shape index (κ1) is 25.1. The van der Waals surface area contributed by atoms with Gasteiger partial charge >= 0.3 is 5.97 Å². The van der Waals surface area contributed by atoms with Crippen LogP contribution in [0.25, 0.3) is 22.1 Å². The van der Waals surface area contributed by atoms with E-state index in [4.69, 9.17) is 18.6 Å². The molecule has 0 saturated heterocycles. The molecule has 9 heteroatoms. The summed E-state index contributed by atoms with van der Waals surface area (Å²) in [5, 5.41) is 12.1. The van der Waals surface area contributed by atoms with Gasteiger partial charge in [-0.25, -0.2) is 4.79 Å². The summed E-state index contributed by atoms with van der Waals surface area (Å²) < 4.78 is 22.9. The quantitative estimate of drug-likeness (QED) is 0.482. The standard InChI is InChI=1S/C27H29NO8/c1-15(2)11-20(27(31)32)28-24(29)14-35-18-6-7-19-22(13-18)36-16(3)25(26(19)30)17-5-8-21-23(12-17)34-10-4-9-33-21/h5-8,12-13,15,20H,4,9-11,14H2,1-3H3,(H,28,29)(H,31,32)/t20-/m1/s1. The molecule has 1 amide bonds. The summed E-state index contributed by atoms with van der Waals surface area (Å²) in [6.07, 6.45) is 1.10. The van der Waals surface area contributed by atoms with Gasteiger partial charge in [0.25, 0.3) is 5.91 Å². The highest BCUT2D eigenvalue weighted by molar-refractivity contribution is 5.85. The number of hydrogen-bond acceptors (Lipinski definition) is 7. The van der Waals surface area contributed by atoms with E-state index in [-0.39, 0.29) is 18.0 Å². The Labute approximate surface area is 208 Å². The molecule has 0 saturated carbocycles. The van der Waals surface area contributed by atoms with Gasteiger partial charge in [-0.3, -0.25) is 9.59 Å². The van der Waals surface area contributed by atoms with E-state index in [0.717, 1.165) is 6.42 Å². The number of amides is 1. The van der Waals surface area contributed by atoms with Crippen LogP contribution in [0.3, 0.4) is 0 Å². The van der Waals surface area contributed by atoms with E-state index in [1.165, 1.54) is 6.07 Å². The van der Waals surface area contributed by atoms with Crippen molar-refractivity contribution >= 4 is 22.8 Å². The van der Waals surface area contributed by atoms with Crippen molar-refractivity contribution in [3.05, 3.63) is 52.4 Å². The Morgan fingerprint density at radius 2 is 1.83 bits per heavy atom. The fraction of sp³-hybridized carbons (Fsp3) is 0.370. The predicted octanol–water partition coefficient (Wildman–Crippen LogP) is 3.92. The number of aliphatic carboxylic acids is 1. The summed E-state index contributed by atoms with van der Waals surface area (Å²) in [5.74, 6) is 0.438. The SMILES string of the molecule is Cc1oc2cc(OCC(=O)N[C@H](CC(C)C)C(=O)O)ccc2c(=O)c1-c1ccc2c(c1)OCCCO2. The van der Waals surface area contributed by atoms with Crippen LogP contribution in [0.5, 0.6) is 17.2 Å². The van der Waals surface area contributed by atoms with E-state index in [2.05, 4.69) is 5.32 Å². The minimum Gasteiger partial charge on any atom is -0.490 e. The maximum atomic E-state index is 13.3. The first-order valence-electron chi connectivity index (χ1n) is 11.9. The molecule has 2 heterocycles. The number of hydrogen-bond donors (Lipinski definition) is 2. The molecule has 1 aliphatic heterocycles. The third-order valence-electron chi connectivity index (χ3n) is 5.79. The van der Waals surface area contributed by atoms with Gasteiger partial charge in [0, 0.05) is 12.5 Å². The smallest absolute Gasteiger partial charge is 0.326 e. The lowest BCUT2D eigenvalue weighted by Gasteiger charge is -2.16. The summed E-state index contributed by atoms with van der Waals surface area (Å²) in [4.78, 5) is 36.9. The molecule has 1 atom stereocenters. The van der Waals surface area contributed by atoms with Crippen molar-refractivity contribution in [2.24, 2.45) is 5.92 Å². The number of carbonyl (C=O) groups is 2. The summed E-state index contributed by atoms with van der Waals surface area (Å²) in [5.41, 5.74) is 1.21. The molecule has 1 aromatic heterocycles. The van der Waals surface area contributed by atoms with Crippen molar-refractivity contribution in [1.29, 1.82) is 0 Å². The second-order valence-corrected chi connectivity index (χ2v) is 9.11. The van der Waals surface area contributed by atoms with Crippen LogP contribution < -0.4 is 25.0 Å². The summed E-state index contributed by atoms with van der Waals surface area (Å²) >= 11 is 0. The molecular weight excluding hydrogens is 466 g/mol. The van der Waals surface area contributed by atoms with Crippen LogP contribution in [0.15, 0.2) is 45.6 Å². The van der Waals surface area contributed by atoms with Crippen LogP contribution in [0.2, 0.25) is 0 Å². The monoisotopic (exact) mass is 495 g/mol. The third kappa shape index (κ3) is 5.62. The number of carboxylic acid groups (broad SMARTS) is 1. The molecule has 36 heavy (non-hydrogen) atoms. The number of ether oxygens (including phenoxy) is 3. The molecule has 0 aliphatic carbocycles. The predicted molar refractivity (Wildman–Crippen MR) is 133 cm³/mol. The lowest BCUT2D eigenvalue weighted by Crippen LogP contribution is -2.43. The van der Waals surface area contributed by atoms with Crippen molar-refractivity contribution in [2.45, 2.75) is 39.7 Å². The topological polar surface area (TPSA) is 124 Å². The number of carboxylic acids is 1. The third-order valence-corrected chi connectivity index (χ3v) is 5.79. The van der Waals surface area contributed by atoms with Gasteiger partial charge in [-0.1, -0.05) is 19.9 Å². The summed E-state index contributed by atoms with van der Waals surface area (Å²) in [6, 6.07) is 9.09. The van der Waals surface area contributed by atoms with E-state index in [1.807, 2.05) is 13.8 Å². The fourth-order valence-electron chi connectivity index (χ4n) is 4.11. The second-order valence-electron chi connectivity index (χ2n) is 9.11. The van der Waals surface area contributed by atoms with E-state index < -0.39 is 17.9 Å². The Morgan fingerprint density at radius 3 is 2.56 bits per heavy atom. The highest BCUT2D eigenvalue weighted by atomic mass is 16.5. The number of carbonyl (C=O) groups excluding carboxylic acids is 1. The van der Waals surface area contributed by atoms with Crippen LogP contribution in [0.1, 0.15) is 32.4 Å². The van der Waals surface area contributed by atoms with Gasteiger partial charge < -0.3 is 29.1 Å². The maximum absolute atomic E-state index is 13.3. The Kier molecular flexibility index (Phi) is 7.47. The zero-order valence-electron chi connectivity index (χ0n) is 20.5. The van der Waals surface area contributed by atoms with Crippen LogP contribution in [-0.2, 0) is 9.59 Å². The van der Waals surface area contributed by atoms with Gasteiger partial charge in [0.15, 0.2) is 18.1 Å². The first-order valence-corrected chi connectivity index (χ1v) is 11.9. The lowest BCUT2D eigenvalue weighted by atomic mass is 10.0. The molecule has 0 bridgehead atoms. The molecular formula is C27H29NO8. The first-order chi connectivity index (χ1) is 17.2. The second kappa shape index (κ2) is 10.7. The van der Waals surface area contributed by atoms with Crippen LogP contribution in [0.4, 0.5) is 0 Å². The highest BCUT2D eigenvalue weighted by Crippen LogP contribution is 2.35. The van der Waals surface area contributed by atoms with Crippen molar-refractivity contribution in [3.63, 3.8) is 0 Å². The fourth-order valence-corrected chi connectivity index (χ4v) is 4.11. The normalized spacial score (nSPS) is 13.8. The van der Waals surface area contributed by atoms with Crippen LogP contribution in [-0.4, -0.2) is 42.8 Å². The van der Waals surface area contributed by atoms with Gasteiger partial charge in [0.1, 0.15) is 23.1 Å². The van der Waals surface area contributed by atoms with Gasteiger partial charge in [0.2, 0.25) is 5.43 Å². The molecule has 190 valence electrons. The van der Waals surface area contributed by atoms with E-state index in [9.17, 15) is 19.5 Å². The van der Waals surface area contributed by atoms with Crippen LogP contribution >= 0.6 is 0 Å². The molecule has 2 N–H and O–H groups in total. The Hall–Kier alpha value is -4.01. The van der Waals surface area contributed by atoms with Gasteiger partial charge in [0.05, 0.1) is 24.2 Å². The number of nitrogens with one attached hydrogen (secondary N) is 1. The zero-order valence-corrected chi connectivity index (χ0v) is 20.5. The average molecular weight is 496 g/mol. The maximum Gasteiger partial charge on any atom is 0.326 e. The Balaban J connectivity index is 1.53. The Bertz CT molecular complexity index is 1340. The molecule has 3 aromatic rings. The number of benzene rings is 2. The van der Waals surface area contributed by atoms with Crippen molar-refractivity contribution in [2.75, 3.05) is 19.8 Å². The number of rotatable bonds is 8. The molecule has 4 rings (SSSR count). The average Bonchev–Trinajstić information content (AvgIpc) is 3.07. The van der Waals surface area contributed by atoms with Gasteiger partial charge in [-0.15, -0.1) is 0 Å². The minimum absolute atomic E-state index is 0.107. The van der Waals surface area contributed by atoms with Gasteiger partial charge in [-0.2, -0.15) is 0 Å². The van der Waals surface area contributed by atoms with Crippen molar-refractivity contribution < 1.29 is 33.3 Å². The van der Waals surface area contributed by atoms with E-state index in [1.54, 1.807) is 37.3 Å². The largest absolute Gasteiger partial charge is 0.490 e. The molecule has 1 aliphatic rings. The minimum atomic E-state index is -1.09. The lowest BCUT2D eigenvalue weighted by molar-refractivity contribution is -0.142. The number of aryl methyl sites for hydroxylation is 1. The summed E-state index contributed by atoms with van der Waals surface area (Å²) in [7, 11) is 0.